The van der Waals surface area contributed by atoms with E-state index >= 15 is 0 Å². The minimum atomic E-state index is -4.49. The van der Waals surface area contributed by atoms with E-state index in [1.54, 1.807) is 23.9 Å². The quantitative estimate of drug-likeness (QED) is 0.787. The van der Waals surface area contributed by atoms with Crippen LogP contribution in [0.3, 0.4) is 0 Å². The standard InChI is InChI=1S/C15H20F3N5/c1-4-5-6-22-7-9-23(10-8-22)14-19-12(15(16,17)18)11-13(20-14)21(2)3/h1,11H,5-10H2,2-3H3. The minimum absolute atomic E-state index is 0.125. The van der Waals surface area contributed by atoms with Gasteiger partial charge in [-0.15, -0.1) is 12.3 Å². The number of hydrogen-bond acceptors (Lipinski definition) is 5. The summed E-state index contributed by atoms with van der Waals surface area (Å²) in [6.07, 6.45) is 1.43. The third-order valence-electron chi connectivity index (χ3n) is 3.68. The lowest BCUT2D eigenvalue weighted by atomic mass is 10.3. The molecule has 1 aliphatic rings. The summed E-state index contributed by atoms with van der Waals surface area (Å²) in [7, 11) is 3.31. The zero-order valence-electron chi connectivity index (χ0n) is 13.3. The van der Waals surface area contributed by atoms with E-state index in [9.17, 15) is 13.2 Å². The molecule has 0 N–H and O–H groups in total. The summed E-state index contributed by atoms with van der Waals surface area (Å²) in [6, 6.07) is 0.965. The van der Waals surface area contributed by atoms with Gasteiger partial charge in [-0.3, -0.25) is 4.90 Å². The molecule has 5 nitrogen and oxygen atoms in total. The van der Waals surface area contributed by atoms with Crippen LogP contribution in [-0.4, -0.2) is 61.7 Å². The summed E-state index contributed by atoms with van der Waals surface area (Å²) in [5, 5.41) is 0. The van der Waals surface area contributed by atoms with Crippen LogP contribution in [0.4, 0.5) is 24.9 Å². The van der Waals surface area contributed by atoms with Crippen molar-refractivity contribution < 1.29 is 13.2 Å². The Morgan fingerprint density at radius 1 is 1.22 bits per heavy atom. The summed E-state index contributed by atoms with van der Waals surface area (Å²) in [6.45, 7) is 3.44. The largest absolute Gasteiger partial charge is 0.433 e. The third kappa shape index (κ3) is 4.48. The first-order valence-electron chi connectivity index (χ1n) is 7.35. The Hall–Kier alpha value is -2.01. The normalized spacial score (nSPS) is 16.3. The van der Waals surface area contributed by atoms with Gasteiger partial charge in [0.15, 0.2) is 5.69 Å². The molecule has 0 unspecified atom stereocenters. The molecule has 0 radical (unpaired) electrons. The van der Waals surface area contributed by atoms with Crippen LogP contribution in [0.2, 0.25) is 0 Å². The smallest absolute Gasteiger partial charge is 0.363 e. The van der Waals surface area contributed by atoms with E-state index in [1.165, 1.54) is 0 Å². The molecule has 2 heterocycles. The number of piperazine rings is 1. The van der Waals surface area contributed by atoms with Crippen LogP contribution in [0.25, 0.3) is 0 Å². The number of hydrogen-bond donors (Lipinski definition) is 0. The van der Waals surface area contributed by atoms with Crippen molar-refractivity contribution in [3.63, 3.8) is 0 Å². The molecular weight excluding hydrogens is 307 g/mol. The van der Waals surface area contributed by atoms with Gasteiger partial charge in [-0.1, -0.05) is 0 Å². The Balaban J connectivity index is 2.17. The molecule has 1 fully saturated rings. The number of aromatic nitrogens is 2. The molecule has 1 aromatic rings. The topological polar surface area (TPSA) is 35.5 Å². The monoisotopic (exact) mass is 327 g/mol. The fraction of sp³-hybridized carbons (Fsp3) is 0.600. The molecule has 1 saturated heterocycles. The van der Waals surface area contributed by atoms with Gasteiger partial charge >= 0.3 is 6.18 Å². The lowest BCUT2D eigenvalue weighted by molar-refractivity contribution is -0.141. The van der Waals surface area contributed by atoms with Gasteiger partial charge in [0.25, 0.3) is 0 Å². The highest BCUT2D eigenvalue weighted by atomic mass is 19.4. The highest BCUT2D eigenvalue weighted by Crippen LogP contribution is 2.31. The van der Waals surface area contributed by atoms with Gasteiger partial charge in [0.1, 0.15) is 5.82 Å². The fourth-order valence-electron chi connectivity index (χ4n) is 2.33. The van der Waals surface area contributed by atoms with E-state index in [2.05, 4.69) is 20.8 Å². The minimum Gasteiger partial charge on any atom is -0.363 e. The molecule has 0 saturated carbocycles. The number of terminal acetylenes is 1. The Morgan fingerprint density at radius 2 is 1.87 bits per heavy atom. The van der Waals surface area contributed by atoms with E-state index in [0.717, 1.165) is 25.7 Å². The SMILES string of the molecule is C#CCCN1CCN(c2nc(N(C)C)cc(C(F)(F)F)n2)CC1. The van der Waals surface area contributed by atoms with Crippen LogP contribution < -0.4 is 9.80 Å². The Bertz CT molecular complexity index is 571. The predicted octanol–water partition coefficient (Wildman–Crippen LogP) is 1.71. The van der Waals surface area contributed by atoms with Crippen molar-refractivity contribution >= 4 is 11.8 Å². The van der Waals surface area contributed by atoms with E-state index in [4.69, 9.17) is 6.42 Å². The Labute approximate surface area is 134 Å². The number of halogens is 3. The fourth-order valence-corrected chi connectivity index (χ4v) is 2.33. The molecule has 23 heavy (non-hydrogen) atoms. The van der Waals surface area contributed by atoms with Crippen LogP contribution in [0.15, 0.2) is 6.07 Å². The average molecular weight is 327 g/mol. The maximum Gasteiger partial charge on any atom is 0.433 e. The molecule has 0 aromatic carbocycles. The molecule has 0 aliphatic carbocycles. The van der Waals surface area contributed by atoms with Crippen molar-refractivity contribution in [2.24, 2.45) is 0 Å². The van der Waals surface area contributed by atoms with Crippen LogP contribution in [0.1, 0.15) is 12.1 Å². The zero-order chi connectivity index (χ0) is 17.0. The summed E-state index contributed by atoms with van der Waals surface area (Å²) < 4.78 is 39.1. The number of anilines is 2. The second-order valence-electron chi connectivity index (χ2n) is 5.59. The molecule has 2 rings (SSSR count). The summed E-state index contributed by atoms with van der Waals surface area (Å²) in [5.74, 6) is 2.96. The average Bonchev–Trinajstić information content (AvgIpc) is 2.52. The van der Waals surface area contributed by atoms with E-state index in [0.29, 0.717) is 19.5 Å². The van der Waals surface area contributed by atoms with Gasteiger partial charge in [0.05, 0.1) is 0 Å². The molecule has 126 valence electrons. The number of nitrogens with zero attached hydrogens (tertiary/aromatic N) is 5. The zero-order valence-corrected chi connectivity index (χ0v) is 13.3. The number of alkyl halides is 3. The highest BCUT2D eigenvalue weighted by molar-refractivity contribution is 5.45. The second kappa shape index (κ2) is 7.04. The molecule has 1 aliphatic heterocycles. The van der Waals surface area contributed by atoms with Crippen molar-refractivity contribution in [2.75, 3.05) is 56.6 Å². The summed E-state index contributed by atoms with van der Waals surface area (Å²) in [5.41, 5.74) is -0.916. The molecule has 0 spiro atoms. The summed E-state index contributed by atoms with van der Waals surface area (Å²) in [4.78, 5) is 13.5. The van der Waals surface area contributed by atoms with Crippen molar-refractivity contribution in [1.29, 1.82) is 0 Å². The van der Waals surface area contributed by atoms with Crippen molar-refractivity contribution in [3.05, 3.63) is 11.8 Å². The molecule has 8 heteroatoms. The molecule has 0 bridgehead atoms. The van der Waals surface area contributed by atoms with E-state index < -0.39 is 11.9 Å². The lowest BCUT2D eigenvalue weighted by Gasteiger charge is -2.34. The first kappa shape index (κ1) is 17.3. The molecule has 0 amide bonds. The van der Waals surface area contributed by atoms with Crippen LogP contribution in [-0.2, 0) is 6.18 Å². The van der Waals surface area contributed by atoms with Crippen molar-refractivity contribution in [1.82, 2.24) is 14.9 Å². The Morgan fingerprint density at radius 3 is 2.39 bits per heavy atom. The molecule has 0 atom stereocenters. The van der Waals surface area contributed by atoms with Gasteiger partial charge in [-0.05, 0) is 0 Å². The van der Waals surface area contributed by atoms with Crippen LogP contribution >= 0.6 is 0 Å². The van der Waals surface area contributed by atoms with E-state index in [1.807, 2.05) is 0 Å². The third-order valence-corrected chi connectivity index (χ3v) is 3.68. The van der Waals surface area contributed by atoms with Crippen LogP contribution in [0.5, 0.6) is 0 Å². The van der Waals surface area contributed by atoms with Crippen molar-refractivity contribution in [2.45, 2.75) is 12.6 Å². The van der Waals surface area contributed by atoms with E-state index in [-0.39, 0.29) is 11.8 Å². The molecule has 1 aromatic heterocycles. The highest BCUT2D eigenvalue weighted by Gasteiger charge is 2.34. The van der Waals surface area contributed by atoms with Gasteiger partial charge in [0.2, 0.25) is 5.95 Å². The molecular formula is C15H20F3N5. The summed E-state index contributed by atoms with van der Waals surface area (Å²) >= 11 is 0. The van der Waals surface area contributed by atoms with Gasteiger partial charge in [0, 0.05) is 59.3 Å². The predicted molar refractivity (Wildman–Crippen MR) is 83.5 cm³/mol. The number of rotatable bonds is 4. The maximum atomic E-state index is 13.0. The van der Waals surface area contributed by atoms with Crippen LogP contribution in [0, 0.1) is 12.3 Å². The van der Waals surface area contributed by atoms with Gasteiger partial charge < -0.3 is 9.80 Å². The second-order valence-corrected chi connectivity index (χ2v) is 5.59. The first-order chi connectivity index (χ1) is 10.8. The van der Waals surface area contributed by atoms with Crippen molar-refractivity contribution in [3.8, 4) is 12.3 Å². The van der Waals surface area contributed by atoms with Gasteiger partial charge in [-0.25, -0.2) is 4.98 Å². The maximum absolute atomic E-state index is 13.0. The first-order valence-corrected chi connectivity index (χ1v) is 7.35. The van der Waals surface area contributed by atoms with Gasteiger partial charge in [-0.2, -0.15) is 18.2 Å². The Kier molecular flexibility index (Phi) is 5.31. The lowest BCUT2D eigenvalue weighted by Crippen LogP contribution is -2.47.